The average molecular weight is 400 g/mol. The summed E-state index contributed by atoms with van der Waals surface area (Å²) in [6, 6.07) is 14.1. The van der Waals surface area contributed by atoms with E-state index in [2.05, 4.69) is 67.3 Å². The van der Waals surface area contributed by atoms with E-state index in [4.69, 9.17) is 4.74 Å². The summed E-state index contributed by atoms with van der Waals surface area (Å²) < 4.78 is 5.95. The molecule has 3 nitrogen and oxygen atoms in total. The van der Waals surface area contributed by atoms with Gasteiger partial charge in [-0.25, -0.2) is 0 Å². The zero-order valence-electron chi connectivity index (χ0n) is 18.1. The summed E-state index contributed by atoms with van der Waals surface area (Å²) in [5.74, 6) is 0.299. The zero-order chi connectivity index (χ0) is 21.0. The van der Waals surface area contributed by atoms with Crippen LogP contribution in [0.3, 0.4) is 0 Å². The van der Waals surface area contributed by atoms with Crippen LogP contribution in [0.25, 0.3) is 11.1 Å². The highest BCUT2D eigenvalue weighted by Crippen LogP contribution is 2.53. The van der Waals surface area contributed by atoms with E-state index in [9.17, 15) is 5.11 Å². The highest BCUT2D eigenvalue weighted by atomic mass is 16.5. The van der Waals surface area contributed by atoms with Gasteiger partial charge in [-0.15, -0.1) is 0 Å². The number of fused-ring (bicyclic) bond motifs is 6. The summed E-state index contributed by atoms with van der Waals surface area (Å²) in [4.78, 5) is 2.62. The molecule has 0 spiro atoms. The molecule has 3 heteroatoms. The molecule has 0 aromatic heterocycles. The number of hydrogen-bond donors (Lipinski definition) is 1. The minimum atomic E-state index is -0.111. The lowest BCUT2D eigenvalue weighted by molar-refractivity contribution is 0.120. The monoisotopic (exact) mass is 399 g/mol. The number of allylic oxidation sites excluding steroid dienone is 2. The van der Waals surface area contributed by atoms with Crippen molar-refractivity contribution in [2.45, 2.75) is 52.3 Å². The van der Waals surface area contributed by atoms with Gasteiger partial charge in [0.05, 0.1) is 30.6 Å². The van der Waals surface area contributed by atoms with Gasteiger partial charge in [-0.3, -0.25) is 0 Å². The van der Waals surface area contributed by atoms with E-state index in [1.807, 2.05) is 6.92 Å². The zero-order valence-corrected chi connectivity index (χ0v) is 18.1. The van der Waals surface area contributed by atoms with Gasteiger partial charge in [0.25, 0.3) is 0 Å². The number of benzene rings is 2. The number of anilines is 1. The normalized spacial score (nSPS) is 23.9. The van der Waals surface area contributed by atoms with Crippen molar-refractivity contribution in [1.29, 1.82) is 0 Å². The molecule has 2 aromatic carbocycles. The van der Waals surface area contributed by atoms with Crippen LogP contribution < -0.4 is 4.90 Å². The number of ether oxygens (including phenoxy) is 1. The second-order valence-corrected chi connectivity index (χ2v) is 8.83. The van der Waals surface area contributed by atoms with E-state index in [1.54, 1.807) is 13.0 Å². The maximum atomic E-state index is 9.47. The summed E-state index contributed by atoms with van der Waals surface area (Å²) in [6.07, 6.45) is 7.37. The van der Waals surface area contributed by atoms with E-state index < -0.39 is 0 Å². The van der Waals surface area contributed by atoms with Gasteiger partial charge in [-0.2, -0.15) is 0 Å². The Labute approximate surface area is 179 Å². The van der Waals surface area contributed by atoms with Crippen molar-refractivity contribution in [2.24, 2.45) is 0 Å². The molecular formula is C27H29NO2. The van der Waals surface area contributed by atoms with Crippen molar-refractivity contribution in [2.75, 3.05) is 11.5 Å². The fourth-order valence-corrected chi connectivity index (χ4v) is 5.48. The van der Waals surface area contributed by atoms with Crippen LogP contribution in [0.15, 0.2) is 60.4 Å². The lowest BCUT2D eigenvalue weighted by atomic mass is 9.83. The van der Waals surface area contributed by atoms with E-state index in [-0.39, 0.29) is 12.1 Å². The predicted octanol–water partition coefficient (Wildman–Crippen LogP) is 6.15. The number of para-hydroxylation sites is 1. The highest BCUT2D eigenvalue weighted by Gasteiger charge is 2.44. The molecule has 3 aliphatic rings. The van der Waals surface area contributed by atoms with Crippen LogP contribution in [-0.4, -0.2) is 23.9 Å². The van der Waals surface area contributed by atoms with Crippen LogP contribution in [0.4, 0.5) is 5.69 Å². The van der Waals surface area contributed by atoms with Crippen LogP contribution >= 0.6 is 0 Å². The number of aryl methyl sites for hydroxylation is 1. The van der Waals surface area contributed by atoms with Gasteiger partial charge in [0.1, 0.15) is 0 Å². The molecule has 3 atom stereocenters. The molecule has 0 radical (unpaired) electrons. The van der Waals surface area contributed by atoms with Crippen molar-refractivity contribution in [1.82, 2.24) is 0 Å². The Hall–Kier alpha value is -2.78. The number of nitrogens with zero attached hydrogens (tertiary/aromatic N) is 1. The summed E-state index contributed by atoms with van der Waals surface area (Å²) in [5, 5.41) is 9.47. The molecule has 154 valence electrons. The Morgan fingerprint density at radius 1 is 1.27 bits per heavy atom. The minimum Gasteiger partial charge on any atom is -0.513 e. The molecule has 2 aromatic rings. The van der Waals surface area contributed by atoms with Crippen LogP contribution in [0.1, 0.15) is 54.6 Å². The second kappa shape index (κ2) is 7.17. The molecule has 2 bridgehead atoms. The van der Waals surface area contributed by atoms with Gasteiger partial charge in [0, 0.05) is 11.3 Å². The third-order valence-electron chi connectivity index (χ3n) is 6.56. The van der Waals surface area contributed by atoms with Gasteiger partial charge in [0.15, 0.2) is 0 Å². The number of hydrogen-bond acceptors (Lipinski definition) is 3. The topological polar surface area (TPSA) is 32.7 Å². The standard InChI is InChI=1S/C27H29NO2/c1-16-11-20-15-26-22(9-10-30-19(4)14-18(3)29)27(20)23(12-16)25-13-17(2)21-7-5-6-8-24(21)28(25)26/h5-9,11-14,19,25-26,29H,10,15H2,1-4H3/b18-14-,22-9-/t19?,25?,26-/m0/s1. The third kappa shape index (κ3) is 3.00. The van der Waals surface area contributed by atoms with Crippen molar-refractivity contribution >= 4 is 16.8 Å². The molecule has 2 unspecified atom stereocenters. The van der Waals surface area contributed by atoms with Gasteiger partial charge in [-0.1, -0.05) is 48.0 Å². The first kappa shape index (κ1) is 19.2. The van der Waals surface area contributed by atoms with Crippen LogP contribution in [0.5, 0.6) is 0 Å². The number of aliphatic hydroxyl groups is 1. The first-order valence-electron chi connectivity index (χ1n) is 10.8. The Morgan fingerprint density at radius 3 is 2.87 bits per heavy atom. The van der Waals surface area contributed by atoms with Gasteiger partial charge >= 0.3 is 0 Å². The maximum absolute atomic E-state index is 9.47. The predicted molar refractivity (Wildman–Crippen MR) is 124 cm³/mol. The van der Waals surface area contributed by atoms with Crippen molar-refractivity contribution in [3.8, 4) is 0 Å². The first-order valence-corrected chi connectivity index (χ1v) is 10.8. The molecule has 2 aliphatic heterocycles. The molecule has 5 rings (SSSR count). The van der Waals surface area contributed by atoms with E-state index >= 15 is 0 Å². The average Bonchev–Trinajstić information content (AvgIpc) is 3.00. The van der Waals surface area contributed by atoms with Gasteiger partial charge in [-0.05, 0) is 74.1 Å². The Bertz CT molecular complexity index is 1100. The van der Waals surface area contributed by atoms with Gasteiger partial charge < -0.3 is 14.7 Å². The second-order valence-electron chi connectivity index (χ2n) is 8.83. The van der Waals surface area contributed by atoms with Gasteiger partial charge in [0.2, 0.25) is 0 Å². The Morgan fingerprint density at radius 2 is 2.07 bits per heavy atom. The fourth-order valence-electron chi connectivity index (χ4n) is 5.48. The summed E-state index contributed by atoms with van der Waals surface area (Å²) in [6.45, 7) is 8.62. The molecule has 1 N–H and O–H groups in total. The summed E-state index contributed by atoms with van der Waals surface area (Å²) in [5.41, 5.74) is 11.0. The quantitative estimate of drug-likeness (QED) is 0.626. The number of aliphatic hydroxyl groups excluding tert-OH is 1. The minimum absolute atomic E-state index is 0.111. The Kier molecular flexibility index (Phi) is 4.59. The highest BCUT2D eigenvalue weighted by molar-refractivity contribution is 5.91. The molecule has 2 heterocycles. The lowest BCUT2D eigenvalue weighted by Gasteiger charge is -2.45. The van der Waals surface area contributed by atoms with Crippen molar-refractivity contribution in [3.05, 3.63) is 88.2 Å². The van der Waals surface area contributed by atoms with E-state index in [0.717, 1.165) is 6.42 Å². The van der Waals surface area contributed by atoms with Crippen LogP contribution in [-0.2, 0) is 11.2 Å². The van der Waals surface area contributed by atoms with E-state index in [1.165, 1.54) is 44.7 Å². The molecule has 0 amide bonds. The molecule has 1 aliphatic carbocycles. The number of rotatable bonds is 4. The lowest BCUT2D eigenvalue weighted by Crippen LogP contribution is -2.42. The SMILES string of the molecule is CC1=CC2c3cc(C)cc4c3/C(=C\COC(C)/C=C(/C)O)[C@H](C4)N2c2ccccc21. The molecule has 0 saturated heterocycles. The maximum Gasteiger partial charge on any atom is 0.0877 e. The Balaban J connectivity index is 1.59. The largest absolute Gasteiger partial charge is 0.513 e. The molecule has 0 saturated carbocycles. The van der Waals surface area contributed by atoms with Crippen LogP contribution in [0.2, 0.25) is 0 Å². The summed E-state index contributed by atoms with van der Waals surface area (Å²) >= 11 is 0. The molecule has 30 heavy (non-hydrogen) atoms. The van der Waals surface area contributed by atoms with Crippen molar-refractivity contribution < 1.29 is 9.84 Å². The summed E-state index contributed by atoms with van der Waals surface area (Å²) in [7, 11) is 0. The van der Waals surface area contributed by atoms with Crippen LogP contribution in [0, 0.1) is 6.92 Å². The first-order chi connectivity index (χ1) is 14.4. The molecular weight excluding hydrogens is 370 g/mol. The fraction of sp³-hybridized carbons (Fsp3) is 0.333. The third-order valence-corrected chi connectivity index (χ3v) is 6.56. The van der Waals surface area contributed by atoms with Crippen molar-refractivity contribution in [3.63, 3.8) is 0 Å². The smallest absolute Gasteiger partial charge is 0.0877 e. The molecule has 0 fully saturated rings. The van der Waals surface area contributed by atoms with E-state index in [0.29, 0.717) is 18.4 Å².